The second kappa shape index (κ2) is 14.5. The van der Waals surface area contributed by atoms with Crippen molar-refractivity contribution in [3.63, 3.8) is 0 Å². The molecule has 0 bridgehead atoms. The Hall–Kier alpha value is -2.24. The SMILES string of the molecule is CC(C)CCC[C@@H](C)[C@H]1CC[C@H]2[C@H](CC(=O)O)[C@@H]([C@@]3(C)CC[C@H](O[Si](c4ccccc4)(c4ccccc4)C(C)(C)C)CC3=O)CC[C@]12C. The minimum absolute atomic E-state index is 0.0530. The van der Waals surface area contributed by atoms with Crippen molar-refractivity contribution in [2.75, 3.05) is 0 Å². The standard InChI is InChI=1S/C43H64O4Si/c1-30(2)16-15-17-31(3)36-22-23-37-35(29-40(45)46)38(25-27-42(36,37)7)43(8)26-24-32(28-39(43)44)47-48(41(4,5)6,33-18-11-9-12-19-33)34-20-13-10-14-21-34/h9-14,18-21,30-32,35-38H,15-17,22-29H2,1-8H3,(H,45,46)/t31-,32+,35+,36-,37+,38+,42-,43-/m1/s1. The Kier molecular flexibility index (Phi) is 11.2. The topological polar surface area (TPSA) is 63.6 Å². The number of carboxylic acid groups (broad SMARTS) is 1. The largest absolute Gasteiger partial charge is 0.481 e. The van der Waals surface area contributed by atoms with Crippen LogP contribution >= 0.6 is 0 Å². The molecule has 48 heavy (non-hydrogen) atoms. The van der Waals surface area contributed by atoms with Crippen LogP contribution in [0, 0.1) is 46.3 Å². The fourth-order valence-corrected chi connectivity index (χ4v) is 15.9. The van der Waals surface area contributed by atoms with E-state index >= 15 is 0 Å². The van der Waals surface area contributed by atoms with E-state index in [1.54, 1.807) is 0 Å². The summed E-state index contributed by atoms with van der Waals surface area (Å²) < 4.78 is 7.45. The first-order valence-electron chi connectivity index (χ1n) is 19.2. The van der Waals surface area contributed by atoms with E-state index in [4.69, 9.17) is 4.43 Å². The third-order valence-corrected chi connectivity index (χ3v) is 18.8. The molecular weight excluding hydrogens is 609 g/mol. The quantitative estimate of drug-likeness (QED) is 0.228. The maximum absolute atomic E-state index is 14.6. The van der Waals surface area contributed by atoms with Gasteiger partial charge >= 0.3 is 5.97 Å². The second-order valence-corrected chi connectivity index (χ2v) is 22.2. The van der Waals surface area contributed by atoms with Crippen LogP contribution < -0.4 is 10.4 Å². The molecule has 0 amide bonds. The molecule has 4 nitrogen and oxygen atoms in total. The molecular formula is C43H64O4Si. The van der Waals surface area contributed by atoms with Crippen LogP contribution in [0.2, 0.25) is 5.04 Å². The Labute approximate surface area is 293 Å². The van der Waals surface area contributed by atoms with Crippen LogP contribution in [-0.4, -0.2) is 31.3 Å². The fraction of sp³-hybridized carbons (Fsp3) is 0.674. The van der Waals surface area contributed by atoms with Crippen LogP contribution in [0.5, 0.6) is 0 Å². The van der Waals surface area contributed by atoms with Crippen LogP contribution in [-0.2, 0) is 14.0 Å². The molecule has 3 fully saturated rings. The summed E-state index contributed by atoms with van der Waals surface area (Å²) >= 11 is 0. The number of carbonyl (C=O) groups excluding carboxylic acids is 1. The number of ketones is 1. The zero-order valence-corrected chi connectivity index (χ0v) is 32.3. The van der Waals surface area contributed by atoms with Gasteiger partial charge in [0, 0.05) is 18.3 Å². The minimum atomic E-state index is -2.78. The highest BCUT2D eigenvalue weighted by Gasteiger charge is 2.60. The lowest BCUT2D eigenvalue weighted by Crippen LogP contribution is -2.68. The van der Waals surface area contributed by atoms with Crippen molar-refractivity contribution in [3.8, 4) is 0 Å². The van der Waals surface area contributed by atoms with E-state index in [1.807, 2.05) is 0 Å². The lowest BCUT2D eigenvalue weighted by Gasteiger charge is -2.55. The summed E-state index contributed by atoms with van der Waals surface area (Å²) in [6.45, 7) is 18.6. The molecule has 0 aromatic heterocycles. The molecule has 5 heteroatoms. The zero-order chi connectivity index (χ0) is 34.9. The summed E-state index contributed by atoms with van der Waals surface area (Å²) in [5.41, 5.74) is -0.343. The molecule has 2 aromatic rings. The third-order valence-electron chi connectivity index (χ3n) is 13.7. The molecule has 264 valence electrons. The van der Waals surface area contributed by atoms with Crippen LogP contribution in [0.4, 0.5) is 0 Å². The Morgan fingerprint density at radius 1 is 0.875 bits per heavy atom. The second-order valence-electron chi connectivity index (χ2n) is 18.0. The molecule has 1 N–H and O–H groups in total. The van der Waals surface area contributed by atoms with E-state index in [0.29, 0.717) is 24.2 Å². The fourth-order valence-electron chi connectivity index (χ4n) is 11.2. The highest BCUT2D eigenvalue weighted by molar-refractivity contribution is 6.99. The molecule has 0 saturated heterocycles. The van der Waals surface area contributed by atoms with Gasteiger partial charge in [-0.05, 0) is 94.9 Å². The minimum Gasteiger partial charge on any atom is -0.481 e. The van der Waals surface area contributed by atoms with Crippen LogP contribution in [0.15, 0.2) is 60.7 Å². The summed E-state index contributed by atoms with van der Waals surface area (Å²) in [5, 5.41) is 12.6. The van der Waals surface area contributed by atoms with Crippen molar-refractivity contribution in [3.05, 3.63) is 60.7 Å². The predicted molar refractivity (Wildman–Crippen MR) is 200 cm³/mol. The Bertz CT molecular complexity index is 1340. The van der Waals surface area contributed by atoms with Gasteiger partial charge in [0.05, 0.1) is 6.10 Å². The van der Waals surface area contributed by atoms with E-state index in [2.05, 4.69) is 116 Å². The van der Waals surface area contributed by atoms with Gasteiger partial charge in [-0.25, -0.2) is 0 Å². The van der Waals surface area contributed by atoms with Crippen molar-refractivity contribution < 1.29 is 19.1 Å². The highest BCUT2D eigenvalue weighted by atomic mass is 28.4. The molecule has 0 unspecified atom stereocenters. The van der Waals surface area contributed by atoms with Crippen LogP contribution in [0.3, 0.4) is 0 Å². The number of carbonyl (C=O) groups is 2. The molecule has 0 radical (unpaired) electrons. The Balaban J connectivity index is 1.39. The predicted octanol–water partition coefficient (Wildman–Crippen LogP) is 9.69. The first-order valence-corrected chi connectivity index (χ1v) is 21.1. The summed E-state index contributed by atoms with van der Waals surface area (Å²) in [5.74, 6) is 2.17. The maximum Gasteiger partial charge on any atom is 0.303 e. The van der Waals surface area contributed by atoms with Crippen molar-refractivity contribution in [1.82, 2.24) is 0 Å². The Morgan fingerprint density at radius 2 is 1.48 bits per heavy atom. The summed E-state index contributed by atoms with van der Waals surface area (Å²) in [4.78, 5) is 27.0. The first-order chi connectivity index (χ1) is 22.6. The number of Topliss-reactive ketones (excluding diaryl/α,β-unsaturated/α-hetero) is 1. The molecule has 5 rings (SSSR count). The molecule has 3 saturated carbocycles. The molecule has 3 aliphatic rings. The zero-order valence-electron chi connectivity index (χ0n) is 31.3. The van der Waals surface area contributed by atoms with Crippen molar-refractivity contribution in [2.45, 2.75) is 137 Å². The van der Waals surface area contributed by atoms with Crippen LogP contribution in [0.1, 0.15) is 126 Å². The average Bonchev–Trinajstić information content (AvgIpc) is 3.39. The van der Waals surface area contributed by atoms with E-state index < -0.39 is 19.7 Å². The molecule has 3 aliphatic carbocycles. The van der Waals surface area contributed by atoms with Crippen molar-refractivity contribution in [2.24, 2.45) is 46.3 Å². The average molecular weight is 673 g/mol. The number of rotatable bonds is 12. The molecule has 0 aliphatic heterocycles. The number of hydrogen-bond donors (Lipinski definition) is 1. The van der Waals surface area contributed by atoms with Crippen molar-refractivity contribution >= 4 is 30.4 Å². The smallest absolute Gasteiger partial charge is 0.303 e. The van der Waals surface area contributed by atoms with Gasteiger partial charge in [-0.3, -0.25) is 9.59 Å². The Morgan fingerprint density at radius 3 is 2.00 bits per heavy atom. The van der Waals surface area contributed by atoms with Gasteiger partial charge in [0.25, 0.3) is 8.32 Å². The number of fused-ring (bicyclic) bond motifs is 1. The van der Waals surface area contributed by atoms with E-state index in [-0.39, 0.29) is 40.6 Å². The van der Waals surface area contributed by atoms with Gasteiger partial charge in [-0.1, -0.05) is 135 Å². The molecule has 8 atom stereocenters. The molecule has 0 heterocycles. The first kappa shape index (κ1) is 37.0. The van der Waals surface area contributed by atoms with Gasteiger partial charge in [0.1, 0.15) is 5.78 Å². The monoisotopic (exact) mass is 672 g/mol. The van der Waals surface area contributed by atoms with Gasteiger partial charge in [-0.15, -0.1) is 0 Å². The van der Waals surface area contributed by atoms with Gasteiger partial charge in [0.2, 0.25) is 0 Å². The van der Waals surface area contributed by atoms with E-state index in [9.17, 15) is 14.7 Å². The number of hydrogen-bond acceptors (Lipinski definition) is 3. The number of carboxylic acids is 1. The summed E-state index contributed by atoms with van der Waals surface area (Å²) in [6.07, 6.45) is 10.3. The lowest BCUT2D eigenvalue weighted by molar-refractivity contribution is -0.151. The van der Waals surface area contributed by atoms with E-state index in [0.717, 1.165) is 38.0 Å². The summed E-state index contributed by atoms with van der Waals surface area (Å²) in [6, 6.07) is 21.4. The van der Waals surface area contributed by atoms with Gasteiger partial charge in [-0.2, -0.15) is 0 Å². The van der Waals surface area contributed by atoms with Gasteiger partial charge in [0.15, 0.2) is 0 Å². The maximum atomic E-state index is 14.6. The number of benzene rings is 2. The van der Waals surface area contributed by atoms with Crippen LogP contribution in [0.25, 0.3) is 0 Å². The molecule has 2 aromatic carbocycles. The summed E-state index contributed by atoms with van der Waals surface area (Å²) in [7, 11) is -2.78. The lowest BCUT2D eigenvalue weighted by atomic mass is 9.49. The van der Waals surface area contributed by atoms with Crippen molar-refractivity contribution in [1.29, 1.82) is 0 Å². The van der Waals surface area contributed by atoms with Gasteiger partial charge < -0.3 is 9.53 Å². The highest BCUT2D eigenvalue weighted by Crippen LogP contribution is 2.65. The molecule has 0 spiro atoms. The van der Waals surface area contributed by atoms with E-state index in [1.165, 1.54) is 36.1 Å². The number of aliphatic carboxylic acids is 1. The third kappa shape index (κ3) is 7.02. The normalized spacial score (nSPS) is 31.9.